The summed E-state index contributed by atoms with van der Waals surface area (Å²) in [6.45, 7) is 3.76. The standard InChI is InChI=1S/C22H17ClN2O6S/c1-3-30-21(29)15-10-25-19(26)18(32-22(25)24-11(15)2)9-13-5-7-17(31-13)12-4-6-16(23)14(8-12)20(27)28/h4-9H,3,10H2,1-2H3,(H,27,28)/b18-9-. The quantitative estimate of drug-likeness (QED) is 0.571. The van der Waals surface area contributed by atoms with E-state index in [4.69, 9.17) is 20.8 Å². The van der Waals surface area contributed by atoms with Crippen LogP contribution in [0.4, 0.5) is 0 Å². The summed E-state index contributed by atoms with van der Waals surface area (Å²) >= 11 is 7.11. The van der Waals surface area contributed by atoms with E-state index < -0.39 is 11.9 Å². The Hall–Kier alpha value is -3.43. The minimum absolute atomic E-state index is 0.0304. The zero-order valence-corrected chi connectivity index (χ0v) is 18.6. The zero-order chi connectivity index (χ0) is 23.0. The van der Waals surface area contributed by atoms with Crippen LogP contribution < -0.4 is 14.9 Å². The molecular formula is C22H17ClN2O6S. The second kappa shape index (κ2) is 8.60. The van der Waals surface area contributed by atoms with Crippen molar-refractivity contribution in [1.29, 1.82) is 0 Å². The number of carbonyl (C=O) groups excluding carboxylic acids is 1. The third-order valence-corrected chi connectivity index (χ3v) is 6.14. The number of ether oxygens (including phenoxy) is 1. The summed E-state index contributed by atoms with van der Waals surface area (Å²) < 4.78 is 12.7. The van der Waals surface area contributed by atoms with E-state index in [2.05, 4.69) is 4.99 Å². The van der Waals surface area contributed by atoms with E-state index in [9.17, 15) is 19.5 Å². The molecule has 1 aliphatic heterocycles. The Morgan fingerprint density at radius 3 is 2.84 bits per heavy atom. The van der Waals surface area contributed by atoms with Gasteiger partial charge in [-0.15, -0.1) is 0 Å². The molecule has 4 rings (SSSR count). The minimum Gasteiger partial charge on any atom is -0.478 e. The lowest BCUT2D eigenvalue weighted by Gasteiger charge is -2.12. The Kier molecular flexibility index (Phi) is 5.86. The van der Waals surface area contributed by atoms with Crippen LogP contribution in [0.2, 0.25) is 5.02 Å². The highest BCUT2D eigenvalue weighted by Gasteiger charge is 2.21. The first-order valence-electron chi connectivity index (χ1n) is 9.58. The zero-order valence-electron chi connectivity index (χ0n) is 17.0. The molecule has 32 heavy (non-hydrogen) atoms. The summed E-state index contributed by atoms with van der Waals surface area (Å²) in [6.07, 6.45) is 1.59. The first-order valence-corrected chi connectivity index (χ1v) is 10.8. The number of carboxylic acid groups (broad SMARTS) is 1. The lowest BCUT2D eigenvalue weighted by Crippen LogP contribution is -2.35. The van der Waals surface area contributed by atoms with Gasteiger partial charge in [-0.1, -0.05) is 22.9 Å². The second-order valence-corrected chi connectivity index (χ2v) is 8.30. The largest absolute Gasteiger partial charge is 0.478 e. The molecule has 0 fully saturated rings. The predicted octanol–water partition coefficient (Wildman–Crippen LogP) is 2.82. The Balaban J connectivity index is 1.68. The van der Waals surface area contributed by atoms with Crippen LogP contribution in [0.5, 0.6) is 0 Å². The highest BCUT2D eigenvalue weighted by atomic mass is 35.5. The molecule has 8 nitrogen and oxygen atoms in total. The van der Waals surface area contributed by atoms with Gasteiger partial charge in [-0.3, -0.25) is 9.36 Å². The van der Waals surface area contributed by atoms with Gasteiger partial charge in [-0.05, 0) is 44.2 Å². The van der Waals surface area contributed by atoms with Gasteiger partial charge in [0.25, 0.3) is 5.56 Å². The maximum absolute atomic E-state index is 12.9. The third kappa shape index (κ3) is 4.04. The number of thiazole rings is 1. The first-order chi connectivity index (χ1) is 15.3. The Morgan fingerprint density at radius 2 is 2.12 bits per heavy atom. The molecule has 0 saturated heterocycles. The summed E-state index contributed by atoms with van der Waals surface area (Å²) in [5, 5.41) is 9.38. The van der Waals surface area contributed by atoms with Crippen LogP contribution in [0.3, 0.4) is 0 Å². The van der Waals surface area contributed by atoms with Gasteiger partial charge in [-0.2, -0.15) is 0 Å². The van der Waals surface area contributed by atoms with Crippen molar-refractivity contribution in [3.63, 3.8) is 0 Å². The topological polar surface area (TPSA) is 111 Å². The van der Waals surface area contributed by atoms with Crippen LogP contribution in [0.1, 0.15) is 30.0 Å². The van der Waals surface area contributed by atoms with E-state index in [1.807, 2.05) is 0 Å². The number of halogens is 1. The van der Waals surface area contributed by atoms with E-state index >= 15 is 0 Å². The maximum atomic E-state index is 12.9. The van der Waals surface area contributed by atoms with Crippen molar-refractivity contribution in [3.05, 3.63) is 77.6 Å². The fourth-order valence-corrected chi connectivity index (χ4v) is 4.41. The van der Waals surface area contributed by atoms with Crippen LogP contribution in [0, 0.1) is 0 Å². The summed E-state index contributed by atoms with van der Waals surface area (Å²) in [7, 11) is 0. The van der Waals surface area contributed by atoms with Crippen LogP contribution >= 0.6 is 22.9 Å². The molecule has 0 saturated carbocycles. The van der Waals surface area contributed by atoms with Gasteiger partial charge in [0.15, 0.2) is 4.80 Å². The van der Waals surface area contributed by atoms with Crippen molar-refractivity contribution >= 4 is 41.0 Å². The Morgan fingerprint density at radius 1 is 1.34 bits per heavy atom. The minimum atomic E-state index is -1.14. The number of fused-ring (bicyclic) bond motifs is 1. The van der Waals surface area contributed by atoms with Crippen molar-refractivity contribution in [2.75, 3.05) is 6.61 Å². The average molecular weight is 473 g/mol. The number of benzene rings is 1. The molecule has 3 aromatic rings. The van der Waals surface area contributed by atoms with Crippen molar-refractivity contribution in [2.45, 2.75) is 20.4 Å². The van der Waals surface area contributed by atoms with Crippen LogP contribution in [0.25, 0.3) is 17.4 Å². The lowest BCUT2D eigenvalue weighted by atomic mass is 10.1. The SMILES string of the molecule is CCOC(=O)C1=C(C)N=c2s/c(=C\c3ccc(-c4ccc(Cl)c(C(=O)O)c4)o3)c(=O)n2C1. The number of esters is 1. The molecule has 1 N–H and O–H groups in total. The molecule has 0 bridgehead atoms. The van der Waals surface area contributed by atoms with Gasteiger partial charge in [0.2, 0.25) is 0 Å². The number of hydrogen-bond acceptors (Lipinski definition) is 7. The number of aromatic nitrogens is 1. The first kappa shape index (κ1) is 21.8. The summed E-state index contributed by atoms with van der Waals surface area (Å²) in [6, 6.07) is 7.93. The number of furan rings is 1. The lowest BCUT2D eigenvalue weighted by molar-refractivity contribution is -0.138. The van der Waals surface area contributed by atoms with Crippen molar-refractivity contribution in [3.8, 4) is 11.3 Å². The van der Waals surface area contributed by atoms with E-state index in [1.54, 1.807) is 38.1 Å². The fourth-order valence-electron chi connectivity index (χ4n) is 3.20. The van der Waals surface area contributed by atoms with Gasteiger partial charge in [0, 0.05) is 11.6 Å². The van der Waals surface area contributed by atoms with Crippen molar-refractivity contribution < 1.29 is 23.8 Å². The monoisotopic (exact) mass is 472 g/mol. The molecule has 2 aromatic heterocycles. The van der Waals surface area contributed by atoms with E-state index in [0.717, 1.165) is 0 Å². The molecule has 10 heteroatoms. The Labute approximate surface area is 190 Å². The van der Waals surface area contributed by atoms with Crippen LogP contribution in [-0.2, 0) is 16.1 Å². The molecule has 0 aliphatic carbocycles. The normalized spacial score (nSPS) is 13.7. The van der Waals surface area contributed by atoms with Crippen LogP contribution in [0.15, 0.2) is 55.8 Å². The number of nitrogens with zero attached hydrogens (tertiary/aromatic N) is 2. The van der Waals surface area contributed by atoms with E-state index in [0.29, 0.717) is 37.7 Å². The smallest absolute Gasteiger partial charge is 0.337 e. The highest BCUT2D eigenvalue weighted by Crippen LogP contribution is 2.27. The van der Waals surface area contributed by atoms with Crippen LogP contribution in [-0.4, -0.2) is 28.2 Å². The van der Waals surface area contributed by atoms with Gasteiger partial charge in [0.05, 0.1) is 39.5 Å². The fraction of sp³-hybridized carbons (Fsp3) is 0.182. The molecule has 0 unspecified atom stereocenters. The predicted molar refractivity (Wildman–Crippen MR) is 118 cm³/mol. The molecule has 0 radical (unpaired) electrons. The van der Waals surface area contributed by atoms with Gasteiger partial charge >= 0.3 is 11.9 Å². The molecule has 0 spiro atoms. The molecule has 3 heterocycles. The molecule has 1 aromatic carbocycles. The second-order valence-electron chi connectivity index (χ2n) is 6.88. The average Bonchev–Trinajstić information content (AvgIpc) is 3.32. The molecule has 0 amide bonds. The van der Waals surface area contributed by atoms with Crippen molar-refractivity contribution in [2.24, 2.45) is 4.99 Å². The number of carboxylic acids is 1. The summed E-state index contributed by atoms with van der Waals surface area (Å²) in [4.78, 5) is 41.2. The van der Waals surface area contributed by atoms with E-state index in [-0.39, 0.29) is 29.3 Å². The summed E-state index contributed by atoms with van der Waals surface area (Å²) in [5.41, 5.74) is 1.09. The number of rotatable bonds is 5. The van der Waals surface area contributed by atoms with Gasteiger partial charge in [-0.25, -0.2) is 14.6 Å². The van der Waals surface area contributed by atoms with Gasteiger partial charge in [0.1, 0.15) is 11.5 Å². The molecular weight excluding hydrogens is 456 g/mol. The third-order valence-electron chi connectivity index (χ3n) is 4.81. The number of aromatic carboxylic acids is 1. The highest BCUT2D eigenvalue weighted by molar-refractivity contribution is 7.07. The van der Waals surface area contributed by atoms with E-state index in [1.165, 1.54) is 28.0 Å². The number of carbonyl (C=O) groups is 2. The number of hydrogen-bond donors (Lipinski definition) is 1. The van der Waals surface area contributed by atoms with Gasteiger partial charge < -0.3 is 14.3 Å². The molecule has 0 atom stereocenters. The van der Waals surface area contributed by atoms with Crippen molar-refractivity contribution in [1.82, 2.24) is 4.57 Å². The molecule has 1 aliphatic rings. The number of allylic oxidation sites excluding steroid dienone is 1. The Bertz CT molecular complexity index is 1460. The summed E-state index contributed by atoms with van der Waals surface area (Å²) in [5.74, 6) is -0.772. The molecule has 164 valence electrons. The maximum Gasteiger partial charge on any atom is 0.337 e.